The van der Waals surface area contributed by atoms with E-state index in [1.165, 1.54) is 6.42 Å². The third-order valence-electron chi connectivity index (χ3n) is 0.638. The van der Waals surface area contributed by atoms with Crippen molar-refractivity contribution in [2.45, 2.75) is 19.8 Å². The fourth-order valence-electron chi connectivity index (χ4n) is 0.243. The molecule has 0 heterocycles. The summed E-state index contributed by atoms with van der Waals surface area (Å²) in [6.45, 7) is 3.03. The van der Waals surface area contributed by atoms with Crippen LogP contribution >= 0.6 is 9.19 Å². The van der Waals surface area contributed by atoms with Gasteiger partial charge in [0.1, 0.15) is 0 Å². The van der Waals surface area contributed by atoms with Crippen LogP contribution in [-0.2, 0) is 22.3 Å². The van der Waals surface area contributed by atoms with E-state index in [-0.39, 0.29) is 0 Å². The summed E-state index contributed by atoms with van der Waals surface area (Å²) in [5, 5.41) is 0. The van der Waals surface area contributed by atoms with Gasteiger partial charge in [0.2, 0.25) is 0 Å². The molecule has 7 heavy (non-hydrogen) atoms. The number of halogens is 1. The van der Waals surface area contributed by atoms with Gasteiger partial charge in [-0.25, -0.2) is 0 Å². The first-order valence-corrected chi connectivity index (χ1v) is 7.64. The Balaban J connectivity index is 2.45. The normalized spacial score (nSPS) is 8.86. The van der Waals surface area contributed by atoms with Gasteiger partial charge in [-0.05, 0) is 0 Å². The van der Waals surface area contributed by atoms with Crippen LogP contribution in [0.2, 0.25) is 0 Å². The van der Waals surface area contributed by atoms with Crippen LogP contribution in [0.5, 0.6) is 0 Å². The Kier molecular flexibility index (Phi) is 7.98. The van der Waals surface area contributed by atoms with Crippen molar-refractivity contribution < 1.29 is 22.3 Å². The molecule has 0 saturated carbocycles. The van der Waals surface area contributed by atoms with Gasteiger partial charge in [-0.15, -0.1) is 0 Å². The molecule has 0 aliphatic rings. The van der Waals surface area contributed by atoms with E-state index in [9.17, 15) is 0 Å². The Morgan fingerprint density at radius 3 is 2.86 bits per heavy atom. The van der Waals surface area contributed by atoms with Crippen LogP contribution in [0.15, 0.2) is 0 Å². The third-order valence-corrected chi connectivity index (χ3v) is 2.44. The minimum atomic E-state index is -0.924. The molecule has 0 N–H and O–H groups in total. The summed E-state index contributed by atoms with van der Waals surface area (Å²) in [7, 11) is 5.40. The van der Waals surface area contributed by atoms with E-state index >= 15 is 0 Å². The van der Waals surface area contributed by atoms with Gasteiger partial charge in [-0.1, -0.05) is 0 Å². The molecule has 0 aliphatic carbocycles. The second-order valence-electron chi connectivity index (χ2n) is 1.26. The molecule has 0 atom stereocenters. The van der Waals surface area contributed by atoms with Gasteiger partial charge < -0.3 is 0 Å². The first-order chi connectivity index (χ1) is 3.41. The number of rotatable bonds is 4. The summed E-state index contributed by atoms with van der Waals surface area (Å²) >= 11 is -0.924. The number of unbranched alkanes of at least 4 members (excludes halogenated alkanes) is 1. The van der Waals surface area contributed by atoms with Gasteiger partial charge in [0.15, 0.2) is 0 Å². The average Bonchev–Trinajstić information content (AvgIpc) is 1.69. The molecule has 0 aromatic rings. The van der Waals surface area contributed by atoms with Crippen molar-refractivity contribution in [3.8, 4) is 0 Å². The fraction of sp³-hybridized carbons (Fsp3) is 1.00. The van der Waals surface area contributed by atoms with Crippen LogP contribution in [0.3, 0.4) is 0 Å². The predicted octanol–water partition coefficient (Wildman–Crippen LogP) is 1.95. The fourth-order valence-corrected chi connectivity index (χ4v) is 1.52. The first kappa shape index (κ1) is 7.99. The number of hydrogen-bond acceptors (Lipinski definition) is 1. The van der Waals surface area contributed by atoms with Crippen molar-refractivity contribution >= 4 is 9.19 Å². The zero-order valence-corrected chi connectivity index (χ0v) is 8.32. The second-order valence-corrected chi connectivity index (χ2v) is 3.81. The molecule has 0 saturated heterocycles. The van der Waals surface area contributed by atoms with E-state index in [1.54, 1.807) is 0 Å². The molecule has 0 spiro atoms. The monoisotopic (exact) mass is 289 g/mol. The third kappa shape index (κ3) is 6.99. The van der Waals surface area contributed by atoms with Gasteiger partial charge in [0.25, 0.3) is 0 Å². The first-order valence-electron chi connectivity index (χ1n) is 2.35. The Bertz CT molecular complexity index is 30.9. The summed E-state index contributed by atoms with van der Waals surface area (Å²) in [6, 6.07) is 0. The molecule has 0 aromatic carbocycles. The molecule has 0 rings (SSSR count). The standard InChI is InChI=1S/C4H9O.ClH.Ta/c1-2-3-4-5;;/h2-4H2,1H3;1H;/q-1;;+2/p-1. The van der Waals surface area contributed by atoms with Gasteiger partial charge in [-0.2, -0.15) is 0 Å². The molecule has 0 aromatic heterocycles. The summed E-state index contributed by atoms with van der Waals surface area (Å²) in [5.74, 6) is 0. The van der Waals surface area contributed by atoms with Crippen LogP contribution in [-0.4, -0.2) is 6.61 Å². The molecule has 0 fully saturated rings. The minimum absolute atomic E-state index is 0.886. The quantitative estimate of drug-likeness (QED) is 0.719. The summed E-state index contributed by atoms with van der Waals surface area (Å²) in [5.41, 5.74) is 0. The zero-order valence-electron chi connectivity index (χ0n) is 4.35. The van der Waals surface area contributed by atoms with Crippen LogP contribution in [0.4, 0.5) is 0 Å². The second kappa shape index (κ2) is 6.99. The van der Waals surface area contributed by atoms with Crippen molar-refractivity contribution in [2.75, 3.05) is 6.61 Å². The molecule has 0 bridgehead atoms. The average molecular weight is 290 g/mol. The molecular formula is C4H9ClOTa. The van der Waals surface area contributed by atoms with Crippen molar-refractivity contribution in [1.29, 1.82) is 0 Å². The maximum absolute atomic E-state index is 5.40. The van der Waals surface area contributed by atoms with Gasteiger partial charge in [0, 0.05) is 0 Å². The summed E-state index contributed by atoms with van der Waals surface area (Å²) in [4.78, 5) is 0. The van der Waals surface area contributed by atoms with E-state index in [0.717, 1.165) is 13.0 Å². The van der Waals surface area contributed by atoms with Crippen LogP contribution in [0.1, 0.15) is 19.8 Å². The molecule has 3 heteroatoms. The molecule has 0 aliphatic heterocycles. The molecule has 43 valence electrons. The van der Waals surface area contributed by atoms with Gasteiger partial charge >= 0.3 is 57.9 Å². The van der Waals surface area contributed by atoms with Crippen molar-refractivity contribution in [2.24, 2.45) is 0 Å². The van der Waals surface area contributed by atoms with Gasteiger partial charge in [0.05, 0.1) is 0 Å². The number of hydrogen-bond donors (Lipinski definition) is 0. The van der Waals surface area contributed by atoms with E-state index < -0.39 is 19.1 Å². The van der Waals surface area contributed by atoms with E-state index in [1.807, 2.05) is 0 Å². The van der Waals surface area contributed by atoms with E-state index in [0.29, 0.717) is 0 Å². The van der Waals surface area contributed by atoms with E-state index in [4.69, 9.17) is 12.4 Å². The van der Waals surface area contributed by atoms with Crippen LogP contribution in [0, 0.1) is 0 Å². The van der Waals surface area contributed by atoms with Crippen LogP contribution < -0.4 is 0 Å². The Hall–Kier alpha value is 0.990. The molecular weight excluding hydrogens is 280 g/mol. The van der Waals surface area contributed by atoms with E-state index in [2.05, 4.69) is 6.92 Å². The van der Waals surface area contributed by atoms with Crippen LogP contribution in [0.25, 0.3) is 0 Å². The topological polar surface area (TPSA) is 9.23 Å². The van der Waals surface area contributed by atoms with Crippen molar-refractivity contribution in [3.05, 3.63) is 0 Å². The molecule has 1 nitrogen and oxygen atoms in total. The predicted molar refractivity (Wildman–Crippen MR) is 26.7 cm³/mol. The molecule has 0 amide bonds. The Labute approximate surface area is 58.0 Å². The van der Waals surface area contributed by atoms with Gasteiger partial charge in [-0.3, -0.25) is 0 Å². The maximum atomic E-state index is 5.40. The summed E-state index contributed by atoms with van der Waals surface area (Å²) < 4.78 is 5.02. The Morgan fingerprint density at radius 1 is 1.71 bits per heavy atom. The SMILES string of the molecule is CCCC[O][Ta][Cl]. The molecule has 0 unspecified atom stereocenters. The molecule has 0 radical (unpaired) electrons. The van der Waals surface area contributed by atoms with Crippen molar-refractivity contribution in [1.82, 2.24) is 0 Å². The summed E-state index contributed by atoms with van der Waals surface area (Å²) in [6.07, 6.45) is 2.37. The zero-order chi connectivity index (χ0) is 5.54. The van der Waals surface area contributed by atoms with Crippen molar-refractivity contribution in [3.63, 3.8) is 0 Å². The Morgan fingerprint density at radius 2 is 2.43 bits per heavy atom.